The summed E-state index contributed by atoms with van der Waals surface area (Å²) in [7, 11) is 1.40. The molecule has 1 aromatic rings. The minimum atomic E-state index is -0.450. The van der Waals surface area contributed by atoms with Gasteiger partial charge in [0.2, 0.25) is 11.8 Å². The van der Waals surface area contributed by atoms with Crippen molar-refractivity contribution < 1.29 is 19.1 Å². The fourth-order valence-corrected chi connectivity index (χ4v) is 3.54. The van der Waals surface area contributed by atoms with E-state index in [1.165, 1.54) is 13.2 Å². The lowest BCUT2D eigenvalue weighted by molar-refractivity contribution is -0.132. The molecule has 7 nitrogen and oxygen atoms in total. The summed E-state index contributed by atoms with van der Waals surface area (Å²) in [6.45, 7) is 6.64. The molecule has 154 valence electrons. The summed E-state index contributed by atoms with van der Waals surface area (Å²) < 4.78 is 5.15. The second-order valence-electron chi connectivity index (χ2n) is 7.56. The fourth-order valence-electron chi connectivity index (χ4n) is 3.07. The summed E-state index contributed by atoms with van der Waals surface area (Å²) >= 11 is 12.1. The Balaban J connectivity index is 1.85. The molecule has 2 N–H and O–H groups in total. The van der Waals surface area contributed by atoms with E-state index in [1.54, 1.807) is 11.0 Å². The molecule has 9 heteroatoms. The summed E-state index contributed by atoms with van der Waals surface area (Å²) in [6, 6.07) is 3.06. The largest absolute Gasteiger partial charge is 0.494 e. The standard InChI is InChI=1S/C19H25Cl2N3O4/c1-19(2,3)24-10-11(9-14(24)25)17(26)22-7-8-23-18(27)15-12(20)5-6-13(21)16(15)28-4/h5-6,11H,7-10H2,1-4H3,(H,22,26)(H,23,27). The number of nitrogens with one attached hydrogen (secondary N) is 2. The second-order valence-corrected chi connectivity index (χ2v) is 8.37. The monoisotopic (exact) mass is 429 g/mol. The molecule has 1 heterocycles. The normalized spacial score (nSPS) is 16.9. The molecule has 2 rings (SSSR count). The first-order valence-corrected chi connectivity index (χ1v) is 9.70. The molecule has 0 aliphatic carbocycles. The smallest absolute Gasteiger partial charge is 0.256 e. The molecule has 28 heavy (non-hydrogen) atoms. The van der Waals surface area contributed by atoms with Gasteiger partial charge in [-0.05, 0) is 32.9 Å². The summed E-state index contributed by atoms with van der Waals surface area (Å²) in [6.07, 6.45) is 0.199. The van der Waals surface area contributed by atoms with Gasteiger partial charge in [-0.2, -0.15) is 0 Å². The van der Waals surface area contributed by atoms with Crippen LogP contribution in [-0.4, -0.2) is 54.9 Å². The zero-order valence-electron chi connectivity index (χ0n) is 16.4. The third-order valence-corrected chi connectivity index (χ3v) is 5.12. The number of rotatable bonds is 6. The van der Waals surface area contributed by atoms with E-state index in [0.717, 1.165) is 0 Å². The van der Waals surface area contributed by atoms with E-state index >= 15 is 0 Å². The minimum absolute atomic E-state index is 0.0244. The second kappa shape index (κ2) is 9.01. The van der Waals surface area contributed by atoms with Gasteiger partial charge >= 0.3 is 0 Å². The lowest BCUT2D eigenvalue weighted by atomic mass is 10.1. The third kappa shape index (κ3) is 5.08. The fraction of sp³-hybridized carbons (Fsp3) is 0.526. The molecule has 1 aliphatic heterocycles. The van der Waals surface area contributed by atoms with Crippen LogP contribution in [0.25, 0.3) is 0 Å². The van der Waals surface area contributed by atoms with Gasteiger partial charge in [0, 0.05) is 31.6 Å². The van der Waals surface area contributed by atoms with Crippen LogP contribution in [0.3, 0.4) is 0 Å². The number of hydrogen-bond acceptors (Lipinski definition) is 4. The molecule has 3 amide bonds. The number of benzene rings is 1. The van der Waals surface area contributed by atoms with Crippen molar-refractivity contribution in [2.45, 2.75) is 32.7 Å². The number of hydrogen-bond donors (Lipinski definition) is 2. The zero-order chi connectivity index (χ0) is 21.1. The van der Waals surface area contributed by atoms with Crippen LogP contribution in [-0.2, 0) is 9.59 Å². The topological polar surface area (TPSA) is 87.7 Å². The van der Waals surface area contributed by atoms with Gasteiger partial charge in [0.25, 0.3) is 5.91 Å². The van der Waals surface area contributed by atoms with E-state index in [-0.39, 0.29) is 64.1 Å². The highest BCUT2D eigenvalue weighted by atomic mass is 35.5. The summed E-state index contributed by atoms with van der Waals surface area (Å²) in [5, 5.41) is 5.93. The van der Waals surface area contributed by atoms with Crippen LogP contribution < -0.4 is 15.4 Å². The summed E-state index contributed by atoms with van der Waals surface area (Å²) in [4.78, 5) is 38.5. The summed E-state index contributed by atoms with van der Waals surface area (Å²) in [5.41, 5.74) is -0.166. The minimum Gasteiger partial charge on any atom is -0.494 e. The van der Waals surface area contributed by atoms with Crippen LogP contribution in [0, 0.1) is 5.92 Å². The average molecular weight is 430 g/mol. The Hall–Kier alpha value is -1.99. The third-order valence-electron chi connectivity index (χ3n) is 4.51. The van der Waals surface area contributed by atoms with Crippen molar-refractivity contribution in [1.29, 1.82) is 0 Å². The van der Waals surface area contributed by atoms with Crippen LogP contribution in [0.1, 0.15) is 37.6 Å². The molecule has 1 unspecified atom stereocenters. The predicted molar refractivity (Wildman–Crippen MR) is 108 cm³/mol. The molecule has 1 saturated heterocycles. The van der Waals surface area contributed by atoms with Gasteiger partial charge in [0.05, 0.1) is 23.1 Å². The molecular formula is C19H25Cl2N3O4. The van der Waals surface area contributed by atoms with Gasteiger partial charge in [0.15, 0.2) is 5.75 Å². The van der Waals surface area contributed by atoms with Crippen LogP contribution in [0.2, 0.25) is 10.0 Å². The molecular weight excluding hydrogens is 405 g/mol. The number of carbonyl (C=O) groups excluding carboxylic acids is 3. The lowest BCUT2D eigenvalue weighted by Gasteiger charge is -2.31. The maximum Gasteiger partial charge on any atom is 0.256 e. The number of likely N-dealkylation sites (tertiary alicyclic amines) is 1. The quantitative estimate of drug-likeness (QED) is 0.679. The maximum absolute atomic E-state index is 12.4. The Morgan fingerprint density at radius 3 is 2.36 bits per heavy atom. The predicted octanol–water partition coefficient (Wildman–Crippen LogP) is 2.50. The Morgan fingerprint density at radius 2 is 1.79 bits per heavy atom. The number of nitrogens with zero attached hydrogens (tertiary/aromatic N) is 1. The van der Waals surface area contributed by atoms with Crippen molar-refractivity contribution in [3.05, 3.63) is 27.7 Å². The van der Waals surface area contributed by atoms with E-state index in [2.05, 4.69) is 10.6 Å². The molecule has 0 aromatic heterocycles. The Bertz CT molecular complexity index is 777. The van der Waals surface area contributed by atoms with Crippen molar-refractivity contribution in [3.8, 4) is 5.75 Å². The van der Waals surface area contributed by atoms with Crippen LogP contribution >= 0.6 is 23.2 Å². The van der Waals surface area contributed by atoms with Gasteiger partial charge < -0.3 is 20.3 Å². The Labute approximate surface area is 174 Å². The Morgan fingerprint density at radius 1 is 1.18 bits per heavy atom. The van der Waals surface area contributed by atoms with Gasteiger partial charge in [-0.3, -0.25) is 14.4 Å². The van der Waals surface area contributed by atoms with E-state index in [4.69, 9.17) is 27.9 Å². The molecule has 1 aromatic carbocycles. The first kappa shape index (κ1) is 22.3. The highest BCUT2D eigenvalue weighted by Gasteiger charge is 2.39. The number of methoxy groups -OCH3 is 1. The van der Waals surface area contributed by atoms with Gasteiger partial charge in [-0.1, -0.05) is 23.2 Å². The van der Waals surface area contributed by atoms with Crippen LogP contribution in [0.5, 0.6) is 5.75 Å². The van der Waals surface area contributed by atoms with E-state index in [9.17, 15) is 14.4 Å². The number of ether oxygens (including phenoxy) is 1. The van der Waals surface area contributed by atoms with Gasteiger partial charge in [-0.25, -0.2) is 0 Å². The highest BCUT2D eigenvalue weighted by Crippen LogP contribution is 2.33. The molecule has 1 atom stereocenters. The van der Waals surface area contributed by atoms with Crippen molar-refractivity contribution in [2.75, 3.05) is 26.7 Å². The maximum atomic E-state index is 12.4. The average Bonchev–Trinajstić information content (AvgIpc) is 3.02. The highest BCUT2D eigenvalue weighted by molar-refractivity contribution is 6.37. The van der Waals surface area contributed by atoms with Crippen LogP contribution in [0.4, 0.5) is 0 Å². The summed E-state index contributed by atoms with van der Waals surface area (Å²) in [5.74, 6) is -0.864. The molecule has 1 aliphatic rings. The zero-order valence-corrected chi connectivity index (χ0v) is 17.9. The number of amides is 3. The number of carbonyl (C=O) groups is 3. The first-order valence-electron chi connectivity index (χ1n) is 8.94. The van der Waals surface area contributed by atoms with Crippen molar-refractivity contribution in [2.24, 2.45) is 5.92 Å². The van der Waals surface area contributed by atoms with Crippen molar-refractivity contribution >= 4 is 40.9 Å². The SMILES string of the molecule is COc1c(Cl)ccc(Cl)c1C(=O)NCCNC(=O)C1CC(=O)N(C(C)(C)C)C1. The van der Waals surface area contributed by atoms with Gasteiger partial charge in [0.1, 0.15) is 5.56 Å². The lowest BCUT2D eigenvalue weighted by Crippen LogP contribution is -2.43. The molecule has 0 saturated carbocycles. The molecule has 0 bridgehead atoms. The van der Waals surface area contributed by atoms with Crippen LogP contribution in [0.15, 0.2) is 12.1 Å². The van der Waals surface area contributed by atoms with E-state index in [0.29, 0.717) is 6.54 Å². The Kier molecular flexibility index (Phi) is 7.17. The van der Waals surface area contributed by atoms with Gasteiger partial charge in [-0.15, -0.1) is 0 Å². The first-order chi connectivity index (χ1) is 13.1. The number of halogens is 2. The van der Waals surface area contributed by atoms with Crippen molar-refractivity contribution in [3.63, 3.8) is 0 Å². The van der Waals surface area contributed by atoms with E-state index < -0.39 is 5.91 Å². The molecule has 1 fully saturated rings. The van der Waals surface area contributed by atoms with Crippen molar-refractivity contribution in [1.82, 2.24) is 15.5 Å². The molecule has 0 spiro atoms. The molecule has 0 radical (unpaired) electrons. The van der Waals surface area contributed by atoms with E-state index in [1.807, 2.05) is 20.8 Å².